The fourth-order valence-electron chi connectivity index (χ4n) is 1.64. The van der Waals surface area contributed by atoms with E-state index in [1.54, 1.807) is 6.92 Å². The number of carbonyl (C=O) groups is 1. The minimum Gasteiger partial charge on any atom is -0.480 e. The van der Waals surface area contributed by atoms with E-state index in [4.69, 9.17) is 4.74 Å². The molecule has 1 unspecified atom stereocenters. The fourth-order valence-corrected chi connectivity index (χ4v) is 1.64. The van der Waals surface area contributed by atoms with Gasteiger partial charge in [0.15, 0.2) is 0 Å². The van der Waals surface area contributed by atoms with E-state index in [9.17, 15) is 9.90 Å². The van der Waals surface area contributed by atoms with Crippen LogP contribution in [0.5, 0.6) is 0 Å². The second kappa shape index (κ2) is 6.21. The Bertz CT molecular complexity index is 228. The van der Waals surface area contributed by atoms with Crippen LogP contribution in [0.1, 0.15) is 46.0 Å². The number of hydrogen-bond acceptors (Lipinski definition) is 3. The van der Waals surface area contributed by atoms with Gasteiger partial charge in [-0.3, -0.25) is 4.79 Å². The Morgan fingerprint density at radius 2 is 2.25 bits per heavy atom. The molecule has 0 saturated heterocycles. The van der Waals surface area contributed by atoms with Crippen molar-refractivity contribution in [1.29, 1.82) is 0 Å². The highest BCUT2D eigenvalue weighted by Gasteiger charge is 2.32. The first-order chi connectivity index (χ1) is 7.58. The van der Waals surface area contributed by atoms with Gasteiger partial charge in [0.1, 0.15) is 5.54 Å². The first-order valence-corrected chi connectivity index (χ1v) is 6.18. The van der Waals surface area contributed by atoms with E-state index in [0.717, 1.165) is 25.8 Å². The van der Waals surface area contributed by atoms with Crippen molar-refractivity contribution in [2.75, 3.05) is 13.2 Å². The Balaban J connectivity index is 2.27. The zero-order valence-corrected chi connectivity index (χ0v) is 10.3. The van der Waals surface area contributed by atoms with Gasteiger partial charge >= 0.3 is 5.97 Å². The number of rotatable bonds is 8. The zero-order chi connectivity index (χ0) is 12.0. The number of carboxylic acid groups (broad SMARTS) is 1. The molecule has 94 valence electrons. The average Bonchev–Trinajstić information content (AvgIpc) is 2.18. The SMILES string of the molecule is CCCNC(C)(CCOC1CCC1)C(=O)O. The second-order valence-corrected chi connectivity index (χ2v) is 4.74. The number of nitrogens with one attached hydrogen (secondary N) is 1. The number of ether oxygens (including phenoxy) is 1. The normalized spacial score (nSPS) is 20.1. The molecular formula is C12H23NO3. The van der Waals surface area contributed by atoms with E-state index in [0.29, 0.717) is 19.1 Å². The van der Waals surface area contributed by atoms with Gasteiger partial charge in [-0.1, -0.05) is 6.92 Å². The van der Waals surface area contributed by atoms with Crippen LogP contribution in [0, 0.1) is 0 Å². The maximum atomic E-state index is 11.2. The molecule has 0 amide bonds. The molecule has 0 spiro atoms. The Hall–Kier alpha value is -0.610. The molecule has 4 nitrogen and oxygen atoms in total. The molecule has 0 aromatic carbocycles. The van der Waals surface area contributed by atoms with Gasteiger partial charge in [0.05, 0.1) is 6.10 Å². The molecule has 1 rings (SSSR count). The molecule has 0 aromatic heterocycles. The predicted molar refractivity (Wildman–Crippen MR) is 62.5 cm³/mol. The highest BCUT2D eigenvalue weighted by atomic mass is 16.5. The van der Waals surface area contributed by atoms with Crippen molar-refractivity contribution in [3.8, 4) is 0 Å². The van der Waals surface area contributed by atoms with Crippen molar-refractivity contribution < 1.29 is 14.6 Å². The third kappa shape index (κ3) is 3.76. The maximum Gasteiger partial charge on any atom is 0.323 e. The lowest BCUT2D eigenvalue weighted by Crippen LogP contribution is -2.50. The molecule has 4 heteroatoms. The number of aliphatic carboxylic acids is 1. The van der Waals surface area contributed by atoms with E-state index in [-0.39, 0.29) is 0 Å². The Kier molecular flexibility index (Phi) is 5.22. The summed E-state index contributed by atoms with van der Waals surface area (Å²) >= 11 is 0. The van der Waals surface area contributed by atoms with Crippen LogP contribution in [0.25, 0.3) is 0 Å². The molecule has 1 aliphatic rings. The lowest BCUT2D eigenvalue weighted by molar-refractivity contribution is -0.145. The first-order valence-electron chi connectivity index (χ1n) is 6.18. The Morgan fingerprint density at radius 3 is 2.69 bits per heavy atom. The third-order valence-corrected chi connectivity index (χ3v) is 3.25. The van der Waals surface area contributed by atoms with Gasteiger partial charge < -0.3 is 15.2 Å². The zero-order valence-electron chi connectivity index (χ0n) is 10.3. The van der Waals surface area contributed by atoms with Gasteiger partial charge in [0.2, 0.25) is 0 Å². The van der Waals surface area contributed by atoms with Gasteiger partial charge in [-0.25, -0.2) is 0 Å². The monoisotopic (exact) mass is 229 g/mol. The van der Waals surface area contributed by atoms with Crippen LogP contribution < -0.4 is 5.32 Å². The molecule has 0 bridgehead atoms. The molecule has 0 radical (unpaired) electrons. The third-order valence-electron chi connectivity index (χ3n) is 3.25. The minimum absolute atomic E-state index is 0.379. The second-order valence-electron chi connectivity index (χ2n) is 4.74. The maximum absolute atomic E-state index is 11.2. The highest BCUT2D eigenvalue weighted by molar-refractivity contribution is 5.78. The van der Waals surface area contributed by atoms with Crippen molar-refractivity contribution in [2.45, 2.75) is 57.6 Å². The first kappa shape index (κ1) is 13.5. The highest BCUT2D eigenvalue weighted by Crippen LogP contribution is 2.22. The largest absolute Gasteiger partial charge is 0.480 e. The molecule has 2 N–H and O–H groups in total. The van der Waals surface area contributed by atoms with Gasteiger partial charge in [0, 0.05) is 6.61 Å². The molecular weight excluding hydrogens is 206 g/mol. The quantitative estimate of drug-likeness (QED) is 0.666. The predicted octanol–water partition coefficient (Wildman–Crippen LogP) is 1.79. The number of carboxylic acids is 1. The van der Waals surface area contributed by atoms with Crippen LogP contribution in [-0.4, -0.2) is 35.9 Å². The molecule has 1 atom stereocenters. The summed E-state index contributed by atoms with van der Waals surface area (Å²) in [4.78, 5) is 11.2. The van der Waals surface area contributed by atoms with E-state index in [1.807, 2.05) is 6.92 Å². The summed E-state index contributed by atoms with van der Waals surface area (Å²) in [5.74, 6) is -0.793. The van der Waals surface area contributed by atoms with Gasteiger partial charge in [0.25, 0.3) is 0 Å². The van der Waals surface area contributed by atoms with Gasteiger partial charge in [-0.05, 0) is 45.6 Å². The van der Waals surface area contributed by atoms with Crippen molar-refractivity contribution in [3.05, 3.63) is 0 Å². The van der Waals surface area contributed by atoms with Crippen molar-refractivity contribution in [3.63, 3.8) is 0 Å². The summed E-state index contributed by atoms with van der Waals surface area (Å²) in [7, 11) is 0. The van der Waals surface area contributed by atoms with Crippen molar-refractivity contribution in [2.24, 2.45) is 0 Å². The topological polar surface area (TPSA) is 58.6 Å². The van der Waals surface area contributed by atoms with Gasteiger partial charge in [-0.2, -0.15) is 0 Å². The summed E-state index contributed by atoms with van der Waals surface area (Å²) in [6.07, 6.45) is 5.35. The van der Waals surface area contributed by atoms with Crippen LogP contribution in [0.4, 0.5) is 0 Å². The average molecular weight is 229 g/mol. The summed E-state index contributed by atoms with van der Waals surface area (Å²) < 4.78 is 5.60. The van der Waals surface area contributed by atoms with Crippen LogP contribution in [0.3, 0.4) is 0 Å². The fraction of sp³-hybridized carbons (Fsp3) is 0.917. The molecule has 1 fully saturated rings. The van der Waals surface area contributed by atoms with E-state index in [1.165, 1.54) is 6.42 Å². The lowest BCUT2D eigenvalue weighted by atomic mass is 9.95. The summed E-state index contributed by atoms with van der Waals surface area (Å²) in [5.41, 5.74) is -0.847. The number of hydrogen-bond donors (Lipinski definition) is 2. The van der Waals surface area contributed by atoms with Crippen LogP contribution >= 0.6 is 0 Å². The molecule has 1 aliphatic carbocycles. The Labute approximate surface area is 97.4 Å². The molecule has 0 aliphatic heterocycles. The molecule has 0 heterocycles. The van der Waals surface area contributed by atoms with Gasteiger partial charge in [-0.15, -0.1) is 0 Å². The molecule has 1 saturated carbocycles. The van der Waals surface area contributed by atoms with Crippen LogP contribution in [0.15, 0.2) is 0 Å². The van der Waals surface area contributed by atoms with E-state index < -0.39 is 11.5 Å². The van der Waals surface area contributed by atoms with E-state index in [2.05, 4.69) is 5.32 Å². The van der Waals surface area contributed by atoms with Crippen LogP contribution in [0.2, 0.25) is 0 Å². The lowest BCUT2D eigenvalue weighted by Gasteiger charge is -2.29. The smallest absolute Gasteiger partial charge is 0.323 e. The summed E-state index contributed by atoms with van der Waals surface area (Å²) in [6.45, 7) is 5.02. The standard InChI is InChI=1S/C12H23NO3/c1-3-8-13-12(2,11(14)15)7-9-16-10-5-4-6-10/h10,13H,3-9H2,1-2H3,(H,14,15). The summed E-state index contributed by atoms with van der Waals surface area (Å²) in [5, 5.41) is 12.3. The molecule has 16 heavy (non-hydrogen) atoms. The van der Waals surface area contributed by atoms with E-state index >= 15 is 0 Å². The van der Waals surface area contributed by atoms with Crippen molar-refractivity contribution in [1.82, 2.24) is 5.32 Å². The molecule has 0 aromatic rings. The Morgan fingerprint density at radius 1 is 1.56 bits per heavy atom. The van der Waals surface area contributed by atoms with Crippen LogP contribution in [-0.2, 0) is 9.53 Å². The van der Waals surface area contributed by atoms with Crippen molar-refractivity contribution >= 4 is 5.97 Å². The summed E-state index contributed by atoms with van der Waals surface area (Å²) in [6, 6.07) is 0. The minimum atomic E-state index is -0.847.